The first-order valence-corrected chi connectivity index (χ1v) is 7.78. The molecule has 2 fully saturated rings. The minimum Gasteiger partial charge on any atom is -0.314 e. The van der Waals surface area contributed by atoms with E-state index in [-0.39, 0.29) is 0 Å². The van der Waals surface area contributed by atoms with Crippen LogP contribution in [0.25, 0.3) is 0 Å². The monoisotopic (exact) mass is 278 g/mol. The lowest BCUT2D eigenvalue weighted by molar-refractivity contribution is 0.0778. The number of hydrogen-bond acceptors (Lipinski definition) is 2. The average molecular weight is 279 g/mol. The van der Waals surface area contributed by atoms with Crippen molar-refractivity contribution in [3.8, 4) is 0 Å². The first-order chi connectivity index (χ1) is 9.22. The molecule has 1 aromatic carbocycles. The molecule has 3 rings (SSSR count). The Labute approximate surface area is 121 Å². The molecule has 1 N–H and O–H groups in total. The fourth-order valence-corrected chi connectivity index (χ4v) is 3.10. The molecule has 0 bridgehead atoms. The third kappa shape index (κ3) is 3.50. The Bertz CT molecular complexity index is 413. The molecule has 2 aliphatic carbocycles. The van der Waals surface area contributed by atoms with Crippen LogP contribution in [0.15, 0.2) is 24.3 Å². The van der Waals surface area contributed by atoms with Gasteiger partial charge in [0.05, 0.1) is 0 Å². The SMILES string of the molecule is CN(Cc1ccc(Cl)cc1)C1CCC1CNC1CC1. The van der Waals surface area contributed by atoms with Gasteiger partial charge in [0.1, 0.15) is 0 Å². The van der Waals surface area contributed by atoms with Gasteiger partial charge in [0.25, 0.3) is 0 Å². The predicted molar refractivity (Wildman–Crippen MR) is 80.5 cm³/mol. The van der Waals surface area contributed by atoms with Crippen molar-refractivity contribution in [2.75, 3.05) is 13.6 Å². The van der Waals surface area contributed by atoms with Gasteiger partial charge in [-0.3, -0.25) is 4.90 Å². The summed E-state index contributed by atoms with van der Waals surface area (Å²) in [5.74, 6) is 0.845. The van der Waals surface area contributed by atoms with Crippen molar-refractivity contribution in [1.29, 1.82) is 0 Å². The molecule has 0 aromatic heterocycles. The minimum absolute atomic E-state index is 0.752. The Morgan fingerprint density at radius 3 is 2.47 bits per heavy atom. The molecule has 104 valence electrons. The summed E-state index contributed by atoms with van der Waals surface area (Å²) < 4.78 is 0. The van der Waals surface area contributed by atoms with Gasteiger partial charge in [-0.2, -0.15) is 0 Å². The highest BCUT2D eigenvalue weighted by atomic mass is 35.5. The molecule has 0 amide bonds. The number of nitrogens with one attached hydrogen (secondary N) is 1. The van der Waals surface area contributed by atoms with E-state index in [2.05, 4.69) is 29.4 Å². The summed E-state index contributed by atoms with van der Waals surface area (Å²) in [5.41, 5.74) is 1.35. The van der Waals surface area contributed by atoms with Crippen molar-refractivity contribution in [2.24, 2.45) is 5.92 Å². The Hall–Kier alpha value is -0.570. The van der Waals surface area contributed by atoms with Crippen molar-refractivity contribution < 1.29 is 0 Å². The van der Waals surface area contributed by atoms with Gasteiger partial charge in [-0.1, -0.05) is 23.7 Å². The summed E-state index contributed by atoms with van der Waals surface area (Å²) in [4.78, 5) is 2.51. The maximum atomic E-state index is 5.93. The lowest BCUT2D eigenvalue weighted by Gasteiger charge is -2.43. The molecule has 0 saturated heterocycles. The van der Waals surface area contributed by atoms with E-state index in [0.29, 0.717) is 0 Å². The van der Waals surface area contributed by atoms with E-state index >= 15 is 0 Å². The number of nitrogens with zero attached hydrogens (tertiary/aromatic N) is 1. The average Bonchev–Trinajstić information content (AvgIpc) is 3.15. The molecule has 2 saturated carbocycles. The Morgan fingerprint density at radius 1 is 1.16 bits per heavy atom. The van der Waals surface area contributed by atoms with E-state index in [1.807, 2.05) is 12.1 Å². The van der Waals surface area contributed by atoms with Crippen molar-refractivity contribution in [2.45, 2.75) is 44.3 Å². The normalized spacial score (nSPS) is 26.5. The maximum absolute atomic E-state index is 5.93. The van der Waals surface area contributed by atoms with Gasteiger partial charge in [0.15, 0.2) is 0 Å². The van der Waals surface area contributed by atoms with E-state index in [4.69, 9.17) is 11.6 Å². The Balaban J connectivity index is 1.48. The van der Waals surface area contributed by atoms with Crippen LogP contribution in [0, 0.1) is 5.92 Å². The fraction of sp³-hybridized carbons (Fsp3) is 0.625. The molecule has 0 spiro atoms. The van der Waals surface area contributed by atoms with Crippen molar-refractivity contribution in [3.05, 3.63) is 34.9 Å². The largest absolute Gasteiger partial charge is 0.314 e. The molecule has 2 atom stereocenters. The van der Waals surface area contributed by atoms with Gasteiger partial charge < -0.3 is 5.32 Å². The Morgan fingerprint density at radius 2 is 1.89 bits per heavy atom. The van der Waals surface area contributed by atoms with Crippen LogP contribution in [0.3, 0.4) is 0 Å². The molecule has 19 heavy (non-hydrogen) atoms. The molecule has 0 heterocycles. The van der Waals surface area contributed by atoms with Gasteiger partial charge in [-0.15, -0.1) is 0 Å². The molecule has 2 aliphatic rings. The van der Waals surface area contributed by atoms with E-state index in [1.165, 1.54) is 37.8 Å². The van der Waals surface area contributed by atoms with Crippen LogP contribution < -0.4 is 5.32 Å². The van der Waals surface area contributed by atoms with Gasteiger partial charge in [-0.05, 0) is 62.9 Å². The molecule has 3 heteroatoms. The number of hydrogen-bond donors (Lipinski definition) is 1. The summed E-state index contributed by atoms with van der Waals surface area (Å²) in [7, 11) is 2.25. The highest BCUT2D eigenvalue weighted by molar-refractivity contribution is 6.30. The van der Waals surface area contributed by atoms with Crippen molar-refractivity contribution in [3.63, 3.8) is 0 Å². The lowest BCUT2D eigenvalue weighted by Crippen LogP contribution is -2.48. The number of rotatable bonds is 6. The van der Waals surface area contributed by atoms with Crippen LogP contribution in [0.5, 0.6) is 0 Å². The summed E-state index contributed by atoms with van der Waals surface area (Å²) in [5, 5.41) is 4.49. The second-order valence-electron chi connectivity index (χ2n) is 6.13. The van der Waals surface area contributed by atoms with Crippen LogP contribution in [0.4, 0.5) is 0 Å². The van der Waals surface area contributed by atoms with E-state index in [0.717, 1.165) is 29.6 Å². The summed E-state index contributed by atoms with van der Waals surface area (Å²) in [6.45, 7) is 2.24. The van der Waals surface area contributed by atoms with Crippen LogP contribution in [-0.4, -0.2) is 30.6 Å². The maximum Gasteiger partial charge on any atom is 0.0406 e. The first-order valence-electron chi connectivity index (χ1n) is 7.40. The van der Waals surface area contributed by atoms with E-state index in [9.17, 15) is 0 Å². The molecular weight excluding hydrogens is 256 g/mol. The van der Waals surface area contributed by atoms with Crippen LogP contribution >= 0.6 is 11.6 Å². The lowest BCUT2D eigenvalue weighted by atomic mass is 9.78. The molecule has 0 aliphatic heterocycles. The van der Waals surface area contributed by atoms with Gasteiger partial charge in [-0.25, -0.2) is 0 Å². The zero-order chi connectivity index (χ0) is 13.2. The second-order valence-corrected chi connectivity index (χ2v) is 6.57. The Kier molecular flexibility index (Phi) is 4.11. The number of benzene rings is 1. The zero-order valence-electron chi connectivity index (χ0n) is 11.6. The summed E-state index contributed by atoms with van der Waals surface area (Å²) in [6.07, 6.45) is 5.51. The number of halogens is 1. The highest BCUT2D eigenvalue weighted by Gasteiger charge is 2.34. The summed E-state index contributed by atoms with van der Waals surface area (Å²) in [6, 6.07) is 9.82. The van der Waals surface area contributed by atoms with E-state index < -0.39 is 0 Å². The fourth-order valence-electron chi connectivity index (χ4n) is 2.97. The molecule has 2 nitrogen and oxygen atoms in total. The van der Waals surface area contributed by atoms with Crippen molar-refractivity contribution in [1.82, 2.24) is 10.2 Å². The zero-order valence-corrected chi connectivity index (χ0v) is 12.4. The minimum atomic E-state index is 0.752. The van der Waals surface area contributed by atoms with Crippen LogP contribution in [-0.2, 0) is 6.54 Å². The van der Waals surface area contributed by atoms with Gasteiger partial charge in [0.2, 0.25) is 0 Å². The highest BCUT2D eigenvalue weighted by Crippen LogP contribution is 2.32. The predicted octanol–water partition coefficient (Wildman–Crippen LogP) is 3.30. The smallest absolute Gasteiger partial charge is 0.0406 e. The van der Waals surface area contributed by atoms with Gasteiger partial charge >= 0.3 is 0 Å². The topological polar surface area (TPSA) is 15.3 Å². The molecule has 2 unspecified atom stereocenters. The molecule has 0 radical (unpaired) electrons. The third-order valence-electron chi connectivity index (χ3n) is 4.53. The van der Waals surface area contributed by atoms with Crippen LogP contribution in [0.1, 0.15) is 31.2 Å². The summed E-state index contributed by atoms with van der Waals surface area (Å²) >= 11 is 5.93. The standard InChI is InChI=1S/C16H23ClN2/c1-19(11-12-2-5-14(17)6-3-12)16-9-4-13(16)10-18-15-7-8-15/h2-3,5-6,13,15-16,18H,4,7-11H2,1H3. The first kappa shape index (κ1) is 13.4. The molecular formula is C16H23ClN2. The van der Waals surface area contributed by atoms with Gasteiger partial charge in [0, 0.05) is 23.7 Å². The second kappa shape index (κ2) is 5.82. The van der Waals surface area contributed by atoms with E-state index in [1.54, 1.807) is 0 Å². The van der Waals surface area contributed by atoms with Crippen molar-refractivity contribution >= 4 is 11.6 Å². The van der Waals surface area contributed by atoms with Crippen LogP contribution in [0.2, 0.25) is 5.02 Å². The third-order valence-corrected chi connectivity index (χ3v) is 4.79. The molecule has 1 aromatic rings. The quantitative estimate of drug-likeness (QED) is 0.859.